The molecule has 0 aromatic carbocycles. The van der Waals surface area contributed by atoms with Gasteiger partial charge in [-0.3, -0.25) is 14.4 Å². The van der Waals surface area contributed by atoms with Crippen molar-refractivity contribution in [1.82, 2.24) is 10.0 Å². The fourth-order valence-corrected chi connectivity index (χ4v) is 0.785. The second-order valence-electron chi connectivity index (χ2n) is 2.39. The maximum Gasteiger partial charge on any atom is 0.245 e. The van der Waals surface area contributed by atoms with Crippen molar-refractivity contribution in [2.45, 2.75) is 34.6 Å². The molecule has 0 aliphatic rings. The largest absolute Gasteiger partial charge is 0.273 e. The summed E-state index contributed by atoms with van der Waals surface area (Å²) in [6.45, 7) is 7.72. The Balaban J connectivity index is 0. The first-order chi connectivity index (χ1) is 6.37. The van der Waals surface area contributed by atoms with Gasteiger partial charge in [-0.1, -0.05) is 13.8 Å². The third kappa shape index (κ3) is 4.59. The second kappa shape index (κ2) is 7.06. The van der Waals surface area contributed by atoms with Gasteiger partial charge in [0.25, 0.3) is 0 Å². The zero-order valence-electron chi connectivity index (χ0n) is 9.62. The predicted octanol–water partition coefficient (Wildman–Crippen LogP) is 0.801. The molecule has 0 aliphatic carbocycles. The number of hydrogen-bond donors (Lipinski definition) is 0. The Morgan fingerprint density at radius 1 is 0.786 bits per heavy atom. The highest BCUT2D eigenvalue weighted by molar-refractivity contribution is 5.94. The lowest BCUT2D eigenvalue weighted by Crippen LogP contribution is -2.48. The summed E-state index contributed by atoms with van der Waals surface area (Å²) in [6, 6.07) is 0. The quantitative estimate of drug-likeness (QED) is 0.546. The normalized spacial score (nSPS) is 8.14. The SMILES string of the molecule is CC.CC(=O)N(C)N(C(C)=O)C(C)=O. The Hall–Kier alpha value is -1.39. The molecule has 0 heterocycles. The van der Waals surface area contributed by atoms with Gasteiger partial charge >= 0.3 is 0 Å². The van der Waals surface area contributed by atoms with Crippen LogP contribution in [0.3, 0.4) is 0 Å². The molecule has 0 N–H and O–H groups in total. The number of rotatable bonds is 0. The minimum absolute atomic E-state index is 0.361. The van der Waals surface area contributed by atoms with Crippen molar-refractivity contribution in [2.75, 3.05) is 7.05 Å². The molecule has 0 saturated heterocycles. The fourth-order valence-electron chi connectivity index (χ4n) is 0.785. The van der Waals surface area contributed by atoms with E-state index in [0.29, 0.717) is 0 Å². The number of hydrogen-bond acceptors (Lipinski definition) is 3. The monoisotopic (exact) mass is 202 g/mol. The molecule has 0 atom stereocenters. The van der Waals surface area contributed by atoms with Crippen LogP contribution in [0.1, 0.15) is 34.6 Å². The lowest BCUT2D eigenvalue weighted by molar-refractivity contribution is -0.167. The number of imide groups is 1. The van der Waals surface area contributed by atoms with E-state index in [0.717, 1.165) is 10.0 Å². The van der Waals surface area contributed by atoms with Crippen LogP contribution in [0, 0.1) is 0 Å². The maximum absolute atomic E-state index is 10.8. The van der Waals surface area contributed by atoms with E-state index in [9.17, 15) is 14.4 Å². The third-order valence-electron chi connectivity index (χ3n) is 1.35. The van der Waals surface area contributed by atoms with Gasteiger partial charge in [0.1, 0.15) is 0 Å². The average Bonchev–Trinajstić information content (AvgIpc) is 2.06. The zero-order valence-corrected chi connectivity index (χ0v) is 9.62. The standard InChI is InChI=1S/C7H12N2O3.C2H6/c1-5(10)8(4)9(6(2)11)7(3)12;1-2/h1-4H3;1-2H3. The smallest absolute Gasteiger partial charge is 0.245 e. The lowest BCUT2D eigenvalue weighted by Gasteiger charge is -2.26. The molecular formula is C9H18N2O3. The number of amides is 3. The molecule has 0 spiro atoms. The van der Waals surface area contributed by atoms with Crippen LogP contribution in [-0.4, -0.2) is 34.8 Å². The van der Waals surface area contributed by atoms with Crippen molar-refractivity contribution >= 4 is 17.7 Å². The van der Waals surface area contributed by atoms with Gasteiger partial charge in [-0.05, 0) is 0 Å². The molecule has 0 rings (SSSR count). The van der Waals surface area contributed by atoms with Gasteiger partial charge < -0.3 is 0 Å². The van der Waals surface area contributed by atoms with E-state index in [1.165, 1.54) is 27.8 Å². The summed E-state index contributed by atoms with van der Waals surface area (Å²) >= 11 is 0. The molecule has 0 bridgehead atoms. The highest BCUT2D eigenvalue weighted by Gasteiger charge is 2.20. The molecule has 0 aromatic heterocycles. The molecule has 0 unspecified atom stereocenters. The molecule has 5 nitrogen and oxygen atoms in total. The van der Waals surface area contributed by atoms with Crippen molar-refractivity contribution in [3.05, 3.63) is 0 Å². The molecule has 0 radical (unpaired) electrons. The minimum Gasteiger partial charge on any atom is -0.273 e. The highest BCUT2D eigenvalue weighted by Crippen LogP contribution is 1.96. The minimum atomic E-state index is -0.472. The van der Waals surface area contributed by atoms with Crippen molar-refractivity contribution in [3.63, 3.8) is 0 Å². The van der Waals surface area contributed by atoms with Crippen molar-refractivity contribution < 1.29 is 14.4 Å². The Kier molecular flexibility index (Phi) is 7.61. The third-order valence-corrected chi connectivity index (χ3v) is 1.35. The Labute approximate surface area is 84.6 Å². The highest BCUT2D eigenvalue weighted by atomic mass is 16.2. The van der Waals surface area contributed by atoms with E-state index in [1.54, 1.807) is 0 Å². The number of carbonyl (C=O) groups excluding carboxylic acids is 3. The summed E-state index contributed by atoms with van der Waals surface area (Å²) in [5, 5.41) is 1.76. The van der Waals surface area contributed by atoms with Crippen LogP contribution in [0.5, 0.6) is 0 Å². The van der Waals surface area contributed by atoms with E-state index in [4.69, 9.17) is 0 Å². The molecule has 82 valence electrons. The van der Waals surface area contributed by atoms with Crippen LogP contribution in [0.15, 0.2) is 0 Å². The van der Waals surface area contributed by atoms with Crippen LogP contribution in [0.2, 0.25) is 0 Å². The summed E-state index contributed by atoms with van der Waals surface area (Å²) in [4.78, 5) is 32.5. The molecular weight excluding hydrogens is 184 g/mol. The van der Waals surface area contributed by atoms with Crippen molar-refractivity contribution in [2.24, 2.45) is 0 Å². The molecule has 14 heavy (non-hydrogen) atoms. The van der Waals surface area contributed by atoms with Gasteiger partial charge in [0.15, 0.2) is 0 Å². The Morgan fingerprint density at radius 2 is 1.07 bits per heavy atom. The second-order valence-corrected chi connectivity index (χ2v) is 2.39. The van der Waals surface area contributed by atoms with Gasteiger partial charge in [-0.15, -0.1) is 0 Å². The first-order valence-corrected chi connectivity index (χ1v) is 4.43. The van der Waals surface area contributed by atoms with Crippen LogP contribution >= 0.6 is 0 Å². The maximum atomic E-state index is 10.8. The summed E-state index contributed by atoms with van der Waals surface area (Å²) in [5.74, 6) is -1.30. The van der Waals surface area contributed by atoms with E-state index in [1.807, 2.05) is 13.8 Å². The molecule has 0 fully saturated rings. The van der Waals surface area contributed by atoms with E-state index in [2.05, 4.69) is 0 Å². The number of hydrazine groups is 1. The molecule has 5 heteroatoms. The average molecular weight is 202 g/mol. The predicted molar refractivity (Wildman–Crippen MR) is 53.0 cm³/mol. The summed E-state index contributed by atoms with van der Waals surface area (Å²) in [5.41, 5.74) is 0. The molecule has 0 aromatic rings. The van der Waals surface area contributed by atoms with Crippen LogP contribution in [0.25, 0.3) is 0 Å². The number of carbonyl (C=O) groups is 3. The number of nitrogens with zero attached hydrogens (tertiary/aromatic N) is 2. The molecule has 3 amide bonds. The zero-order chi connectivity index (χ0) is 11.9. The van der Waals surface area contributed by atoms with Crippen LogP contribution in [0.4, 0.5) is 0 Å². The van der Waals surface area contributed by atoms with Crippen LogP contribution in [-0.2, 0) is 14.4 Å². The van der Waals surface area contributed by atoms with E-state index in [-0.39, 0.29) is 5.91 Å². The van der Waals surface area contributed by atoms with Gasteiger partial charge in [0.2, 0.25) is 17.7 Å². The van der Waals surface area contributed by atoms with Crippen LogP contribution < -0.4 is 0 Å². The summed E-state index contributed by atoms with van der Waals surface area (Å²) in [7, 11) is 1.37. The first-order valence-electron chi connectivity index (χ1n) is 4.43. The summed E-state index contributed by atoms with van der Waals surface area (Å²) < 4.78 is 0. The lowest BCUT2D eigenvalue weighted by atomic mass is 10.5. The Bertz CT molecular complexity index is 212. The van der Waals surface area contributed by atoms with E-state index >= 15 is 0 Å². The molecule has 0 saturated carbocycles. The van der Waals surface area contributed by atoms with Crippen molar-refractivity contribution in [3.8, 4) is 0 Å². The van der Waals surface area contributed by atoms with Gasteiger partial charge in [-0.25, -0.2) is 5.01 Å². The first kappa shape index (κ1) is 15.1. The Morgan fingerprint density at radius 3 is 1.14 bits per heavy atom. The topological polar surface area (TPSA) is 57.7 Å². The van der Waals surface area contributed by atoms with Gasteiger partial charge in [0, 0.05) is 27.8 Å². The van der Waals surface area contributed by atoms with Gasteiger partial charge in [0.05, 0.1) is 0 Å². The molecule has 0 aliphatic heterocycles. The van der Waals surface area contributed by atoms with Crippen molar-refractivity contribution in [1.29, 1.82) is 0 Å². The fraction of sp³-hybridized carbons (Fsp3) is 0.667. The van der Waals surface area contributed by atoms with E-state index < -0.39 is 11.8 Å². The van der Waals surface area contributed by atoms with Gasteiger partial charge in [-0.2, -0.15) is 5.01 Å². The summed E-state index contributed by atoms with van der Waals surface area (Å²) in [6.07, 6.45) is 0.